The van der Waals surface area contributed by atoms with Gasteiger partial charge in [0.1, 0.15) is 0 Å². The van der Waals surface area contributed by atoms with E-state index in [0.29, 0.717) is 6.61 Å². The fraction of sp³-hybridized carbons (Fsp3) is 1.00. The number of rotatable bonds is 10. The molecular formula is C15H31NO3S. The average Bonchev–Trinajstić information content (AvgIpc) is 2.37. The third-order valence-corrected chi connectivity index (χ3v) is 5.24. The number of nitrogens with two attached hydrogens (primary N) is 1. The number of hydrogen-bond donors (Lipinski definition) is 1. The minimum Gasteiger partial charge on any atom is -0.381 e. The van der Waals surface area contributed by atoms with Crippen molar-refractivity contribution in [3.05, 3.63) is 0 Å². The van der Waals surface area contributed by atoms with E-state index in [-0.39, 0.29) is 11.2 Å². The lowest BCUT2D eigenvalue weighted by Gasteiger charge is -2.36. The fourth-order valence-corrected chi connectivity index (χ4v) is 4.38. The van der Waals surface area contributed by atoms with Crippen molar-refractivity contribution in [2.24, 2.45) is 10.6 Å². The Hall–Kier alpha value is -0.130. The summed E-state index contributed by atoms with van der Waals surface area (Å²) < 4.78 is 28.7. The molecule has 1 saturated carbocycles. The Labute approximate surface area is 124 Å². The maximum atomic E-state index is 11.4. The second kappa shape index (κ2) is 9.00. The van der Waals surface area contributed by atoms with Gasteiger partial charge in [0.05, 0.1) is 12.4 Å². The first-order chi connectivity index (χ1) is 9.47. The minimum absolute atomic E-state index is 0.0792. The van der Waals surface area contributed by atoms with Crippen LogP contribution in [-0.4, -0.2) is 27.4 Å². The number of ether oxygens (including phenoxy) is 1. The minimum atomic E-state index is -3.42. The molecule has 0 radical (unpaired) electrons. The molecule has 0 aromatic heterocycles. The van der Waals surface area contributed by atoms with E-state index in [0.717, 1.165) is 38.7 Å². The first kappa shape index (κ1) is 17.9. The molecule has 0 unspecified atom stereocenters. The van der Waals surface area contributed by atoms with Gasteiger partial charge in [-0.2, -0.15) is 0 Å². The highest BCUT2D eigenvalue weighted by Crippen LogP contribution is 2.37. The normalized spacial score (nSPS) is 19.1. The summed E-state index contributed by atoms with van der Waals surface area (Å²) in [6, 6.07) is 0. The van der Waals surface area contributed by atoms with Crippen molar-refractivity contribution in [2.75, 3.05) is 19.0 Å². The number of sulfonamides is 1. The van der Waals surface area contributed by atoms with Crippen LogP contribution in [0.3, 0.4) is 0 Å². The lowest BCUT2D eigenvalue weighted by Crippen LogP contribution is -2.39. The summed E-state index contributed by atoms with van der Waals surface area (Å²) in [7, 11) is -3.42. The molecule has 2 N–H and O–H groups in total. The average molecular weight is 305 g/mol. The van der Waals surface area contributed by atoms with Gasteiger partial charge in [0.25, 0.3) is 0 Å². The summed E-state index contributed by atoms with van der Waals surface area (Å²) in [5.41, 5.74) is -0.227. The van der Waals surface area contributed by atoms with Crippen LogP contribution < -0.4 is 5.14 Å². The topological polar surface area (TPSA) is 69.4 Å². The largest absolute Gasteiger partial charge is 0.381 e. The zero-order chi connectivity index (χ0) is 14.9. The highest BCUT2D eigenvalue weighted by molar-refractivity contribution is 7.89. The quantitative estimate of drug-likeness (QED) is 0.630. The Morgan fingerprint density at radius 3 is 2.30 bits per heavy atom. The first-order valence-corrected chi connectivity index (χ1v) is 9.77. The van der Waals surface area contributed by atoms with E-state index in [1.807, 2.05) is 0 Å². The van der Waals surface area contributed by atoms with Crippen molar-refractivity contribution in [1.82, 2.24) is 0 Å². The fourth-order valence-electron chi connectivity index (χ4n) is 3.16. The third kappa shape index (κ3) is 7.60. The van der Waals surface area contributed by atoms with Gasteiger partial charge in [-0.1, -0.05) is 51.9 Å². The molecular weight excluding hydrogens is 274 g/mol. The van der Waals surface area contributed by atoms with Crippen molar-refractivity contribution in [3.8, 4) is 0 Å². The van der Waals surface area contributed by atoms with Crippen LogP contribution in [0.2, 0.25) is 0 Å². The molecule has 0 saturated heterocycles. The van der Waals surface area contributed by atoms with Gasteiger partial charge in [-0.3, -0.25) is 0 Å². The molecule has 1 aliphatic rings. The predicted octanol–water partition coefficient (Wildman–Crippen LogP) is 3.21. The predicted molar refractivity (Wildman–Crippen MR) is 83.1 cm³/mol. The molecule has 5 heteroatoms. The highest BCUT2D eigenvalue weighted by Gasteiger charge is 2.35. The standard InChI is InChI=1S/C15H31NO3S/c1-2-3-4-5-9-12-19-13-15(14-20(16,17)18)10-7-6-8-11-15/h2-14H2,1H3,(H2,16,17,18). The second-order valence-corrected chi connectivity index (χ2v) is 7.95. The van der Waals surface area contributed by atoms with Crippen LogP contribution >= 0.6 is 0 Å². The zero-order valence-electron chi connectivity index (χ0n) is 12.9. The van der Waals surface area contributed by atoms with Gasteiger partial charge in [0.15, 0.2) is 0 Å². The number of hydrogen-bond acceptors (Lipinski definition) is 3. The van der Waals surface area contributed by atoms with E-state index in [9.17, 15) is 8.42 Å². The molecule has 120 valence electrons. The maximum Gasteiger partial charge on any atom is 0.209 e. The van der Waals surface area contributed by atoms with E-state index in [2.05, 4.69) is 6.92 Å². The van der Waals surface area contributed by atoms with Gasteiger partial charge >= 0.3 is 0 Å². The summed E-state index contributed by atoms with van der Waals surface area (Å²) in [6.07, 6.45) is 11.3. The summed E-state index contributed by atoms with van der Waals surface area (Å²) in [6.45, 7) is 3.50. The van der Waals surface area contributed by atoms with Crippen LogP contribution in [-0.2, 0) is 14.8 Å². The monoisotopic (exact) mass is 305 g/mol. The third-order valence-electron chi connectivity index (χ3n) is 4.22. The number of unbranched alkanes of at least 4 members (excludes halogenated alkanes) is 4. The van der Waals surface area contributed by atoms with Crippen LogP contribution in [0.4, 0.5) is 0 Å². The molecule has 0 spiro atoms. The lowest BCUT2D eigenvalue weighted by atomic mass is 9.76. The van der Waals surface area contributed by atoms with Gasteiger partial charge in [-0.15, -0.1) is 0 Å². The molecule has 0 bridgehead atoms. The Bertz CT molecular complexity index is 348. The maximum absolute atomic E-state index is 11.4. The smallest absolute Gasteiger partial charge is 0.209 e. The highest BCUT2D eigenvalue weighted by atomic mass is 32.2. The Balaban J connectivity index is 2.30. The molecule has 4 nitrogen and oxygen atoms in total. The van der Waals surface area contributed by atoms with Crippen LogP contribution in [0.1, 0.15) is 71.1 Å². The second-order valence-electron chi connectivity index (χ2n) is 6.33. The summed E-state index contributed by atoms with van der Waals surface area (Å²) in [5, 5.41) is 5.25. The van der Waals surface area contributed by atoms with Crippen molar-refractivity contribution >= 4 is 10.0 Å². The van der Waals surface area contributed by atoms with E-state index >= 15 is 0 Å². The molecule has 1 rings (SSSR count). The zero-order valence-corrected chi connectivity index (χ0v) is 13.7. The summed E-state index contributed by atoms with van der Waals surface area (Å²) in [4.78, 5) is 0. The molecule has 0 amide bonds. The van der Waals surface area contributed by atoms with Crippen molar-refractivity contribution in [1.29, 1.82) is 0 Å². The molecule has 0 aromatic carbocycles. The van der Waals surface area contributed by atoms with E-state index in [1.54, 1.807) is 0 Å². The first-order valence-electron chi connectivity index (χ1n) is 8.06. The van der Waals surface area contributed by atoms with Crippen LogP contribution in [0.5, 0.6) is 0 Å². The van der Waals surface area contributed by atoms with Crippen LogP contribution in [0, 0.1) is 5.41 Å². The SMILES string of the molecule is CCCCCCCOCC1(CS(N)(=O)=O)CCCCC1. The van der Waals surface area contributed by atoms with Crippen molar-refractivity contribution in [3.63, 3.8) is 0 Å². The van der Waals surface area contributed by atoms with Gasteiger partial charge in [0.2, 0.25) is 10.0 Å². The molecule has 0 aromatic rings. The van der Waals surface area contributed by atoms with E-state index in [4.69, 9.17) is 9.88 Å². The summed E-state index contributed by atoms with van der Waals surface area (Å²) in [5.74, 6) is 0.0792. The molecule has 1 aliphatic carbocycles. The molecule has 0 heterocycles. The van der Waals surface area contributed by atoms with Gasteiger partial charge in [-0.25, -0.2) is 13.6 Å². The van der Waals surface area contributed by atoms with Gasteiger partial charge in [0, 0.05) is 12.0 Å². The van der Waals surface area contributed by atoms with Gasteiger partial charge < -0.3 is 4.74 Å². The van der Waals surface area contributed by atoms with Crippen molar-refractivity contribution < 1.29 is 13.2 Å². The Kier molecular flexibility index (Phi) is 8.07. The molecule has 0 aliphatic heterocycles. The summed E-state index contributed by atoms with van der Waals surface area (Å²) >= 11 is 0. The molecule has 1 fully saturated rings. The van der Waals surface area contributed by atoms with Gasteiger partial charge in [-0.05, 0) is 19.3 Å². The van der Waals surface area contributed by atoms with Crippen molar-refractivity contribution in [2.45, 2.75) is 71.1 Å². The lowest BCUT2D eigenvalue weighted by molar-refractivity contribution is 0.0314. The van der Waals surface area contributed by atoms with E-state index in [1.165, 1.54) is 32.1 Å². The number of primary sulfonamides is 1. The molecule has 20 heavy (non-hydrogen) atoms. The van der Waals surface area contributed by atoms with E-state index < -0.39 is 10.0 Å². The Morgan fingerprint density at radius 2 is 1.70 bits per heavy atom. The molecule has 0 atom stereocenters. The Morgan fingerprint density at radius 1 is 1.05 bits per heavy atom. The van der Waals surface area contributed by atoms with Crippen LogP contribution in [0.15, 0.2) is 0 Å². The van der Waals surface area contributed by atoms with Crippen LogP contribution in [0.25, 0.3) is 0 Å².